The third kappa shape index (κ3) is 3.53. The second-order valence-corrected chi connectivity index (χ2v) is 5.30. The lowest BCUT2D eigenvalue weighted by molar-refractivity contribution is 0.546. The van der Waals surface area contributed by atoms with E-state index in [1.54, 1.807) is 6.20 Å². The maximum absolute atomic E-state index is 6.04. The summed E-state index contributed by atoms with van der Waals surface area (Å²) in [5.74, 6) is 5.62. The van der Waals surface area contributed by atoms with Gasteiger partial charge in [0.2, 0.25) is 0 Å². The van der Waals surface area contributed by atoms with Crippen molar-refractivity contribution in [1.29, 1.82) is 0 Å². The Morgan fingerprint density at radius 3 is 2.78 bits per heavy atom. The minimum atomic E-state index is -0.0186. The summed E-state index contributed by atoms with van der Waals surface area (Å²) in [6.07, 6.45) is 2.49. The summed E-state index contributed by atoms with van der Waals surface area (Å²) in [6.45, 7) is 0. The van der Waals surface area contributed by atoms with Crippen molar-refractivity contribution in [2.75, 3.05) is 0 Å². The molecule has 5 heteroatoms. The number of hydrogen-bond donors (Lipinski definition) is 2. The number of aromatic nitrogens is 1. The molecule has 0 aliphatic rings. The van der Waals surface area contributed by atoms with Gasteiger partial charge in [-0.15, -0.1) is 0 Å². The van der Waals surface area contributed by atoms with Crippen LogP contribution in [0.5, 0.6) is 0 Å². The van der Waals surface area contributed by atoms with Crippen molar-refractivity contribution in [3.8, 4) is 0 Å². The summed E-state index contributed by atoms with van der Waals surface area (Å²) in [4.78, 5) is 4.30. The number of halogens is 2. The molecule has 0 bridgehead atoms. The quantitative estimate of drug-likeness (QED) is 0.670. The number of nitrogens with two attached hydrogens (primary N) is 1. The van der Waals surface area contributed by atoms with Crippen LogP contribution in [0.15, 0.2) is 47.1 Å². The zero-order valence-corrected chi connectivity index (χ0v) is 11.9. The number of hydrogen-bond acceptors (Lipinski definition) is 3. The van der Waals surface area contributed by atoms with Crippen LogP contribution < -0.4 is 11.3 Å². The molecule has 0 amide bonds. The molecule has 2 aromatic rings. The minimum absolute atomic E-state index is 0.0186. The first-order valence-corrected chi connectivity index (χ1v) is 6.68. The van der Waals surface area contributed by atoms with Crippen LogP contribution >= 0.6 is 27.5 Å². The smallest absolute Gasteiger partial charge is 0.0516 e. The molecule has 94 valence electrons. The fraction of sp³-hybridized carbons (Fsp3) is 0.154. The lowest BCUT2D eigenvalue weighted by Gasteiger charge is -2.16. The molecular weight excluding hydrogens is 314 g/mol. The van der Waals surface area contributed by atoms with E-state index in [1.165, 1.54) is 0 Å². The topological polar surface area (TPSA) is 50.9 Å². The van der Waals surface area contributed by atoms with Crippen LogP contribution in [0.3, 0.4) is 0 Å². The predicted octanol–water partition coefficient (Wildman–Crippen LogP) is 3.24. The van der Waals surface area contributed by atoms with E-state index in [0.29, 0.717) is 11.4 Å². The van der Waals surface area contributed by atoms with Gasteiger partial charge in [-0.25, -0.2) is 0 Å². The monoisotopic (exact) mass is 325 g/mol. The highest BCUT2D eigenvalue weighted by Crippen LogP contribution is 2.25. The van der Waals surface area contributed by atoms with Crippen LogP contribution in [0.25, 0.3) is 0 Å². The molecule has 0 fully saturated rings. The predicted molar refractivity (Wildman–Crippen MR) is 77.2 cm³/mol. The largest absolute Gasteiger partial charge is 0.271 e. The van der Waals surface area contributed by atoms with Gasteiger partial charge in [-0.1, -0.05) is 33.6 Å². The SMILES string of the molecule is NNC(Cc1ccccn1)c1cc(Cl)cc(Br)c1. The third-order valence-corrected chi connectivity index (χ3v) is 3.30. The molecule has 1 aromatic heterocycles. The van der Waals surface area contributed by atoms with Crippen molar-refractivity contribution < 1.29 is 0 Å². The number of pyridine rings is 1. The first kappa shape index (κ1) is 13.5. The molecule has 0 spiro atoms. The van der Waals surface area contributed by atoms with Gasteiger partial charge < -0.3 is 0 Å². The highest BCUT2D eigenvalue weighted by Gasteiger charge is 2.12. The standard InChI is InChI=1S/C13H13BrClN3/c14-10-5-9(6-11(15)7-10)13(18-16)8-12-3-1-2-4-17-12/h1-7,13,18H,8,16H2. The van der Waals surface area contributed by atoms with Gasteiger partial charge in [0, 0.05) is 27.8 Å². The molecule has 3 nitrogen and oxygen atoms in total. The molecule has 0 saturated carbocycles. The molecule has 0 aliphatic carbocycles. The summed E-state index contributed by atoms with van der Waals surface area (Å²) in [7, 11) is 0. The Morgan fingerprint density at radius 2 is 2.17 bits per heavy atom. The molecule has 1 heterocycles. The molecule has 1 atom stereocenters. The second-order valence-electron chi connectivity index (χ2n) is 3.95. The molecule has 1 unspecified atom stereocenters. The Kier molecular flexibility index (Phi) is 4.72. The number of benzene rings is 1. The Morgan fingerprint density at radius 1 is 1.33 bits per heavy atom. The molecule has 0 saturated heterocycles. The number of nitrogens with one attached hydrogen (secondary N) is 1. The van der Waals surface area contributed by atoms with Crippen LogP contribution in [0.2, 0.25) is 5.02 Å². The van der Waals surface area contributed by atoms with E-state index in [0.717, 1.165) is 15.7 Å². The van der Waals surface area contributed by atoms with Gasteiger partial charge in [0.05, 0.1) is 6.04 Å². The first-order chi connectivity index (χ1) is 8.69. The minimum Gasteiger partial charge on any atom is -0.271 e. The fourth-order valence-corrected chi connectivity index (χ4v) is 2.66. The summed E-state index contributed by atoms with van der Waals surface area (Å²) in [5, 5.41) is 0.681. The average Bonchev–Trinajstić information content (AvgIpc) is 2.36. The van der Waals surface area contributed by atoms with Gasteiger partial charge in [0.1, 0.15) is 0 Å². The number of hydrazine groups is 1. The number of nitrogens with zero attached hydrogens (tertiary/aromatic N) is 1. The lowest BCUT2D eigenvalue weighted by atomic mass is 10.0. The van der Waals surface area contributed by atoms with E-state index >= 15 is 0 Å². The van der Waals surface area contributed by atoms with E-state index < -0.39 is 0 Å². The van der Waals surface area contributed by atoms with Crippen LogP contribution in [-0.4, -0.2) is 4.98 Å². The van der Waals surface area contributed by atoms with E-state index in [2.05, 4.69) is 26.3 Å². The van der Waals surface area contributed by atoms with Gasteiger partial charge in [-0.3, -0.25) is 16.3 Å². The van der Waals surface area contributed by atoms with Crippen molar-refractivity contribution in [2.24, 2.45) is 5.84 Å². The summed E-state index contributed by atoms with van der Waals surface area (Å²) >= 11 is 9.47. The molecule has 0 aliphatic heterocycles. The van der Waals surface area contributed by atoms with Crippen LogP contribution in [0.4, 0.5) is 0 Å². The molecular formula is C13H13BrClN3. The van der Waals surface area contributed by atoms with Crippen molar-refractivity contribution in [2.45, 2.75) is 12.5 Å². The van der Waals surface area contributed by atoms with Crippen molar-refractivity contribution in [3.63, 3.8) is 0 Å². The Hall–Kier alpha value is -0.940. The second kappa shape index (κ2) is 6.29. The van der Waals surface area contributed by atoms with E-state index in [4.69, 9.17) is 17.4 Å². The molecule has 1 aromatic carbocycles. The molecule has 3 N–H and O–H groups in total. The highest BCUT2D eigenvalue weighted by atomic mass is 79.9. The van der Waals surface area contributed by atoms with E-state index in [-0.39, 0.29) is 6.04 Å². The van der Waals surface area contributed by atoms with Gasteiger partial charge in [-0.05, 0) is 35.9 Å². The summed E-state index contributed by atoms with van der Waals surface area (Å²) in [6, 6.07) is 11.6. The van der Waals surface area contributed by atoms with Crippen LogP contribution in [0.1, 0.15) is 17.3 Å². The maximum Gasteiger partial charge on any atom is 0.0516 e. The Bertz CT molecular complexity index is 499. The molecule has 0 radical (unpaired) electrons. The highest BCUT2D eigenvalue weighted by molar-refractivity contribution is 9.10. The Balaban J connectivity index is 2.23. The van der Waals surface area contributed by atoms with Crippen molar-refractivity contribution >= 4 is 27.5 Å². The van der Waals surface area contributed by atoms with Crippen molar-refractivity contribution in [1.82, 2.24) is 10.4 Å². The van der Waals surface area contributed by atoms with Crippen LogP contribution in [0, 0.1) is 0 Å². The molecule has 2 rings (SSSR count). The zero-order chi connectivity index (χ0) is 13.0. The van der Waals surface area contributed by atoms with Crippen LogP contribution in [-0.2, 0) is 6.42 Å². The van der Waals surface area contributed by atoms with Gasteiger partial charge in [0.25, 0.3) is 0 Å². The van der Waals surface area contributed by atoms with E-state index in [9.17, 15) is 0 Å². The van der Waals surface area contributed by atoms with Gasteiger partial charge in [-0.2, -0.15) is 0 Å². The fourth-order valence-electron chi connectivity index (χ4n) is 1.78. The maximum atomic E-state index is 6.04. The van der Waals surface area contributed by atoms with E-state index in [1.807, 2.05) is 36.4 Å². The molecule has 18 heavy (non-hydrogen) atoms. The van der Waals surface area contributed by atoms with Crippen molar-refractivity contribution in [3.05, 3.63) is 63.3 Å². The van der Waals surface area contributed by atoms with Gasteiger partial charge >= 0.3 is 0 Å². The summed E-state index contributed by atoms with van der Waals surface area (Å²) in [5.41, 5.74) is 4.81. The van der Waals surface area contributed by atoms with Gasteiger partial charge in [0.15, 0.2) is 0 Å². The lowest BCUT2D eigenvalue weighted by Crippen LogP contribution is -2.29. The first-order valence-electron chi connectivity index (χ1n) is 5.51. The number of rotatable bonds is 4. The zero-order valence-electron chi connectivity index (χ0n) is 9.61. The normalized spacial score (nSPS) is 12.4. The summed E-state index contributed by atoms with van der Waals surface area (Å²) < 4.78 is 0.936. The average molecular weight is 327 g/mol. The Labute approximate surface area is 119 Å². The third-order valence-electron chi connectivity index (χ3n) is 2.63.